The fraction of sp³-hybridized carbons (Fsp3) is 0.375. The van der Waals surface area contributed by atoms with E-state index in [1.165, 1.54) is 10.4 Å². The second-order valence-electron chi connectivity index (χ2n) is 4.66. The molecule has 0 amide bonds. The lowest BCUT2D eigenvalue weighted by Crippen LogP contribution is -2.12. The van der Waals surface area contributed by atoms with Crippen molar-refractivity contribution in [1.82, 2.24) is 5.32 Å². The number of methoxy groups -OCH3 is 3. The normalized spacial score (nSPS) is 10.5. The molecular weight excluding hydrogens is 286 g/mol. The second-order valence-corrected chi connectivity index (χ2v) is 5.66. The number of hydrogen-bond acceptors (Lipinski definition) is 5. The summed E-state index contributed by atoms with van der Waals surface area (Å²) in [5, 5.41) is 5.56. The van der Waals surface area contributed by atoms with Crippen molar-refractivity contribution >= 4 is 11.3 Å². The number of benzene rings is 1. The minimum absolute atomic E-state index is 0.623. The molecule has 0 saturated heterocycles. The van der Waals surface area contributed by atoms with E-state index < -0.39 is 0 Å². The molecule has 0 fully saturated rings. The van der Waals surface area contributed by atoms with Gasteiger partial charge in [0.25, 0.3) is 0 Å². The number of rotatable bonds is 7. The van der Waals surface area contributed by atoms with Gasteiger partial charge < -0.3 is 19.5 Å². The molecule has 0 aliphatic carbocycles. The van der Waals surface area contributed by atoms with Gasteiger partial charge in [0, 0.05) is 18.0 Å². The number of ether oxygens (including phenoxy) is 3. The fourth-order valence-electron chi connectivity index (χ4n) is 2.14. The van der Waals surface area contributed by atoms with Gasteiger partial charge in [-0.05, 0) is 41.6 Å². The molecule has 21 heavy (non-hydrogen) atoms. The highest BCUT2D eigenvalue weighted by Gasteiger charge is 2.12. The maximum atomic E-state index is 5.36. The third kappa shape index (κ3) is 3.68. The zero-order valence-corrected chi connectivity index (χ0v) is 13.7. The van der Waals surface area contributed by atoms with Gasteiger partial charge >= 0.3 is 0 Å². The van der Waals surface area contributed by atoms with Crippen LogP contribution in [0.3, 0.4) is 0 Å². The summed E-state index contributed by atoms with van der Waals surface area (Å²) < 4.78 is 16.0. The molecule has 114 valence electrons. The van der Waals surface area contributed by atoms with Gasteiger partial charge in [0.1, 0.15) is 0 Å². The van der Waals surface area contributed by atoms with Gasteiger partial charge in [-0.2, -0.15) is 0 Å². The van der Waals surface area contributed by atoms with Crippen LogP contribution in [0.15, 0.2) is 23.6 Å². The summed E-state index contributed by atoms with van der Waals surface area (Å²) in [5.74, 6) is 1.99. The van der Waals surface area contributed by atoms with Crippen LogP contribution in [0.2, 0.25) is 0 Å². The first-order valence-corrected chi connectivity index (χ1v) is 7.60. The molecule has 2 aromatic rings. The molecule has 2 rings (SSSR count). The van der Waals surface area contributed by atoms with Gasteiger partial charge in [-0.25, -0.2) is 0 Å². The Labute approximate surface area is 129 Å². The topological polar surface area (TPSA) is 39.7 Å². The summed E-state index contributed by atoms with van der Waals surface area (Å²) >= 11 is 1.77. The van der Waals surface area contributed by atoms with Crippen molar-refractivity contribution in [3.63, 3.8) is 0 Å². The van der Waals surface area contributed by atoms with Crippen LogP contribution in [0.4, 0.5) is 0 Å². The first-order chi connectivity index (χ1) is 10.2. The summed E-state index contributed by atoms with van der Waals surface area (Å²) in [4.78, 5) is 1.36. The first-order valence-electron chi connectivity index (χ1n) is 6.72. The maximum absolute atomic E-state index is 5.36. The quantitative estimate of drug-likeness (QED) is 0.851. The van der Waals surface area contributed by atoms with E-state index in [4.69, 9.17) is 14.2 Å². The van der Waals surface area contributed by atoms with Crippen molar-refractivity contribution in [3.05, 3.63) is 39.6 Å². The third-order valence-corrected chi connectivity index (χ3v) is 4.33. The molecule has 5 heteroatoms. The lowest BCUT2D eigenvalue weighted by Gasteiger charge is -2.14. The Hall–Kier alpha value is -1.72. The zero-order chi connectivity index (χ0) is 15.2. The SMILES string of the molecule is COc1cc(CNCc2sccc2C)cc(OC)c1OC. The molecule has 0 spiro atoms. The zero-order valence-electron chi connectivity index (χ0n) is 12.9. The van der Waals surface area contributed by atoms with E-state index in [9.17, 15) is 0 Å². The molecule has 0 bridgehead atoms. The van der Waals surface area contributed by atoms with Gasteiger partial charge in [-0.3, -0.25) is 0 Å². The van der Waals surface area contributed by atoms with Crippen molar-refractivity contribution in [2.45, 2.75) is 20.0 Å². The van der Waals surface area contributed by atoms with E-state index in [0.717, 1.165) is 18.7 Å². The van der Waals surface area contributed by atoms with Crippen molar-refractivity contribution in [2.75, 3.05) is 21.3 Å². The summed E-state index contributed by atoms with van der Waals surface area (Å²) in [6.07, 6.45) is 0. The Morgan fingerprint density at radius 3 is 2.14 bits per heavy atom. The monoisotopic (exact) mass is 307 g/mol. The molecule has 1 heterocycles. The molecule has 0 atom stereocenters. The summed E-state index contributed by atoms with van der Waals surface area (Å²) in [6.45, 7) is 3.74. The van der Waals surface area contributed by atoms with Crippen LogP contribution >= 0.6 is 11.3 Å². The largest absolute Gasteiger partial charge is 0.493 e. The number of aryl methyl sites for hydroxylation is 1. The molecule has 0 saturated carbocycles. The predicted molar refractivity (Wildman–Crippen MR) is 85.7 cm³/mol. The highest BCUT2D eigenvalue weighted by molar-refractivity contribution is 7.10. The molecule has 4 nitrogen and oxygen atoms in total. The van der Waals surface area contributed by atoms with Crippen molar-refractivity contribution in [1.29, 1.82) is 0 Å². The average Bonchev–Trinajstić information content (AvgIpc) is 2.91. The predicted octanol–water partition coefficient (Wildman–Crippen LogP) is 3.37. The van der Waals surface area contributed by atoms with Crippen molar-refractivity contribution < 1.29 is 14.2 Å². The number of thiophene rings is 1. The van der Waals surface area contributed by atoms with E-state index in [-0.39, 0.29) is 0 Å². The number of hydrogen-bond donors (Lipinski definition) is 1. The van der Waals surface area contributed by atoms with E-state index in [1.807, 2.05) is 12.1 Å². The molecule has 1 aromatic carbocycles. The molecule has 0 radical (unpaired) electrons. The van der Waals surface area contributed by atoms with Crippen LogP contribution in [0.5, 0.6) is 17.2 Å². The lowest BCUT2D eigenvalue weighted by molar-refractivity contribution is 0.323. The Morgan fingerprint density at radius 2 is 1.67 bits per heavy atom. The molecule has 0 aliphatic rings. The van der Waals surface area contributed by atoms with E-state index in [1.54, 1.807) is 32.7 Å². The van der Waals surface area contributed by atoms with Gasteiger partial charge in [0.15, 0.2) is 11.5 Å². The van der Waals surface area contributed by atoms with Crippen LogP contribution in [-0.4, -0.2) is 21.3 Å². The van der Waals surface area contributed by atoms with Gasteiger partial charge in [0.2, 0.25) is 5.75 Å². The Balaban J connectivity index is 2.08. The average molecular weight is 307 g/mol. The van der Waals surface area contributed by atoms with Crippen molar-refractivity contribution in [2.24, 2.45) is 0 Å². The van der Waals surface area contributed by atoms with E-state index in [2.05, 4.69) is 23.7 Å². The molecule has 0 aliphatic heterocycles. The maximum Gasteiger partial charge on any atom is 0.203 e. The molecule has 1 aromatic heterocycles. The van der Waals surface area contributed by atoms with Crippen LogP contribution < -0.4 is 19.5 Å². The highest BCUT2D eigenvalue weighted by atomic mass is 32.1. The molecular formula is C16H21NO3S. The molecule has 0 unspecified atom stereocenters. The van der Waals surface area contributed by atoms with Crippen molar-refractivity contribution in [3.8, 4) is 17.2 Å². The van der Waals surface area contributed by atoms with E-state index in [0.29, 0.717) is 17.2 Å². The first kappa shape index (κ1) is 15.7. The summed E-state index contributed by atoms with van der Waals surface area (Å²) in [6, 6.07) is 6.08. The minimum atomic E-state index is 0.623. The van der Waals surface area contributed by atoms with E-state index >= 15 is 0 Å². The van der Waals surface area contributed by atoms with Crippen LogP contribution in [0.25, 0.3) is 0 Å². The highest BCUT2D eigenvalue weighted by Crippen LogP contribution is 2.38. The van der Waals surface area contributed by atoms with Crippen LogP contribution in [0, 0.1) is 6.92 Å². The summed E-state index contributed by atoms with van der Waals surface area (Å²) in [7, 11) is 4.87. The van der Waals surface area contributed by atoms with Crippen LogP contribution in [0.1, 0.15) is 16.0 Å². The Morgan fingerprint density at radius 1 is 1.00 bits per heavy atom. The van der Waals surface area contributed by atoms with Gasteiger partial charge in [0.05, 0.1) is 21.3 Å². The molecule has 1 N–H and O–H groups in total. The third-order valence-electron chi connectivity index (χ3n) is 3.31. The standard InChI is InChI=1S/C16H21NO3S/c1-11-5-6-21-15(11)10-17-9-12-7-13(18-2)16(20-4)14(8-12)19-3/h5-8,17H,9-10H2,1-4H3. The second kappa shape index (κ2) is 7.33. The lowest BCUT2D eigenvalue weighted by atomic mass is 10.1. The number of nitrogens with one attached hydrogen (secondary N) is 1. The fourth-order valence-corrected chi connectivity index (χ4v) is 3.02. The van der Waals surface area contributed by atoms with Gasteiger partial charge in [-0.15, -0.1) is 11.3 Å². The van der Waals surface area contributed by atoms with Gasteiger partial charge in [-0.1, -0.05) is 0 Å². The van der Waals surface area contributed by atoms with Crippen LogP contribution in [-0.2, 0) is 13.1 Å². The summed E-state index contributed by atoms with van der Waals surface area (Å²) in [5.41, 5.74) is 2.43. The Bertz CT molecular complexity index is 570. The smallest absolute Gasteiger partial charge is 0.203 e. The Kier molecular flexibility index (Phi) is 5.47. The minimum Gasteiger partial charge on any atom is -0.493 e.